The molecule has 11 aromatic rings. The number of rotatable bonds is 2. The van der Waals surface area contributed by atoms with Crippen LogP contribution in [0.3, 0.4) is 0 Å². The van der Waals surface area contributed by atoms with Crippen LogP contribution in [0.5, 0.6) is 0 Å². The van der Waals surface area contributed by atoms with Crippen molar-refractivity contribution in [1.82, 2.24) is 4.40 Å². The quantitative estimate of drug-likeness (QED) is 0.163. The summed E-state index contributed by atoms with van der Waals surface area (Å²) in [7, 11) is 0. The first-order valence-electron chi connectivity index (χ1n) is 22.5. The lowest BCUT2D eigenvalue weighted by molar-refractivity contribution is 0.590. The molecular formula is C58H48BN3O. The summed E-state index contributed by atoms with van der Waals surface area (Å²) in [6.07, 6.45) is 0. The number of fused-ring (bicyclic) bond motifs is 15. The standard InChI is InChI=1S/C58H48BN3O/c1-31-24-33(3)52(34(4)25-31)61-47-28-37(58(7,8)9)29-48-51(47)59(44-30-42-38-16-10-13-19-45(38)60-46-20-14-11-18-41(46)50(54(42)60)55(44)61)43-23-22-40-39-17-12-15-21-49(39)63-57(40)56(43)62(48)53-35(5)26-32(2)27-36(53)6/h10-30H,1-9H3. The molecule has 0 saturated carbocycles. The van der Waals surface area contributed by atoms with E-state index in [2.05, 4.69) is 204 Å². The van der Waals surface area contributed by atoms with Gasteiger partial charge in [0.15, 0.2) is 5.58 Å². The van der Waals surface area contributed by atoms with E-state index in [1.165, 1.54) is 122 Å². The third-order valence-electron chi connectivity index (χ3n) is 14.5. The van der Waals surface area contributed by atoms with Crippen molar-refractivity contribution in [1.29, 1.82) is 0 Å². The third-order valence-corrected chi connectivity index (χ3v) is 14.5. The predicted octanol–water partition coefficient (Wildman–Crippen LogP) is 14.0. The topological polar surface area (TPSA) is 24.0 Å². The number of hydrogen-bond donors (Lipinski definition) is 0. The summed E-state index contributed by atoms with van der Waals surface area (Å²) in [4.78, 5) is 5.30. The Kier molecular flexibility index (Phi) is 7.19. The second kappa shape index (κ2) is 12.4. The molecule has 5 heteroatoms. The van der Waals surface area contributed by atoms with Gasteiger partial charge in [-0.25, -0.2) is 0 Å². The maximum Gasteiger partial charge on any atom is 0.252 e. The van der Waals surface area contributed by atoms with Gasteiger partial charge < -0.3 is 18.6 Å². The molecule has 13 rings (SSSR count). The highest BCUT2D eigenvalue weighted by Crippen LogP contribution is 2.54. The minimum Gasteiger partial charge on any atom is -0.454 e. The number of aryl methyl sites for hydroxylation is 6. The summed E-state index contributed by atoms with van der Waals surface area (Å²) >= 11 is 0. The van der Waals surface area contributed by atoms with Crippen LogP contribution in [0.1, 0.15) is 59.7 Å². The summed E-state index contributed by atoms with van der Waals surface area (Å²) in [6, 6.07) is 48.5. The molecule has 0 unspecified atom stereocenters. The van der Waals surface area contributed by atoms with Gasteiger partial charge in [-0.3, -0.25) is 0 Å². The molecule has 304 valence electrons. The number of hydrogen-bond acceptors (Lipinski definition) is 3. The highest BCUT2D eigenvalue weighted by atomic mass is 16.3. The van der Waals surface area contributed by atoms with Gasteiger partial charge in [0.05, 0.1) is 39.3 Å². The van der Waals surface area contributed by atoms with E-state index >= 15 is 0 Å². The Hall–Kier alpha value is -6.98. The van der Waals surface area contributed by atoms with Crippen LogP contribution in [0.15, 0.2) is 132 Å². The van der Waals surface area contributed by atoms with Gasteiger partial charge in [0.2, 0.25) is 0 Å². The molecule has 0 spiro atoms. The van der Waals surface area contributed by atoms with E-state index in [0.717, 1.165) is 27.6 Å². The molecule has 2 aliphatic heterocycles. The lowest BCUT2D eigenvalue weighted by Crippen LogP contribution is -2.61. The Morgan fingerprint density at radius 2 is 1.02 bits per heavy atom. The van der Waals surface area contributed by atoms with Crippen LogP contribution in [0, 0.1) is 41.5 Å². The van der Waals surface area contributed by atoms with Crippen molar-refractivity contribution < 1.29 is 4.42 Å². The number of anilines is 6. The minimum atomic E-state index is -0.154. The molecule has 8 aromatic carbocycles. The predicted molar refractivity (Wildman–Crippen MR) is 270 cm³/mol. The first-order valence-corrected chi connectivity index (χ1v) is 22.5. The van der Waals surface area contributed by atoms with E-state index in [4.69, 9.17) is 4.42 Å². The van der Waals surface area contributed by atoms with Crippen LogP contribution < -0.4 is 26.2 Å². The Bertz CT molecular complexity index is 3780. The molecule has 5 heterocycles. The van der Waals surface area contributed by atoms with E-state index in [1.54, 1.807) is 0 Å². The zero-order chi connectivity index (χ0) is 43.0. The fourth-order valence-corrected chi connectivity index (χ4v) is 12.2. The maximum atomic E-state index is 7.14. The highest BCUT2D eigenvalue weighted by Gasteiger charge is 2.47. The molecule has 0 aliphatic carbocycles. The van der Waals surface area contributed by atoms with Gasteiger partial charge in [-0.2, -0.15) is 0 Å². The number of aromatic nitrogens is 1. The average molecular weight is 814 g/mol. The molecular weight excluding hydrogens is 765 g/mol. The van der Waals surface area contributed by atoms with Crippen molar-refractivity contribution in [3.05, 3.63) is 166 Å². The van der Waals surface area contributed by atoms with Crippen molar-refractivity contribution in [3.63, 3.8) is 0 Å². The summed E-state index contributed by atoms with van der Waals surface area (Å²) in [5.74, 6) is 0. The lowest BCUT2D eigenvalue weighted by atomic mass is 9.33. The zero-order valence-electron chi connectivity index (χ0n) is 37.5. The SMILES string of the molecule is Cc1cc(C)c(N2c3cc(C(C)(C)C)cc4c3B(c3ccc5c(oc6ccccc65)c32)c2cc3c5ccccc5n5c6ccccc6c(c2N4c2c(C)cc(C)cc2C)c35)c(C)c1. The highest BCUT2D eigenvalue weighted by molar-refractivity contribution is 7.01. The van der Waals surface area contributed by atoms with E-state index in [0.29, 0.717) is 0 Å². The molecule has 0 N–H and O–H groups in total. The summed E-state index contributed by atoms with van der Waals surface area (Å²) in [5.41, 5.74) is 25.6. The van der Waals surface area contributed by atoms with Crippen LogP contribution in [0.2, 0.25) is 0 Å². The van der Waals surface area contributed by atoms with Crippen molar-refractivity contribution >= 4 is 117 Å². The van der Waals surface area contributed by atoms with Crippen molar-refractivity contribution in [2.75, 3.05) is 9.80 Å². The minimum absolute atomic E-state index is 0.0909. The molecule has 2 aliphatic rings. The van der Waals surface area contributed by atoms with Crippen molar-refractivity contribution in [3.8, 4) is 0 Å². The summed E-state index contributed by atoms with van der Waals surface area (Å²) < 4.78 is 9.67. The average Bonchev–Trinajstić information content (AvgIpc) is 3.91. The van der Waals surface area contributed by atoms with Crippen LogP contribution in [0.4, 0.5) is 34.1 Å². The van der Waals surface area contributed by atoms with Crippen LogP contribution in [-0.2, 0) is 5.41 Å². The smallest absolute Gasteiger partial charge is 0.252 e. The van der Waals surface area contributed by atoms with E-state index in [1.807, 2.05) is 0 Å². The van der Waals surface area contributed by atoms with Crippen molar-refractivity contribution in [2.24, 2.45) is 0 Å². The normalized spacial score (nSPS) is 13.7. The van der Waals surface area contributed by atoms with Gasteiger partial charge in [-0.15, -0.1) is 0 Å². The Balaban J connectivity index is 1.30. The van der Waals surface area contributed by atoms with Crippen LogP contribution in [0.25, 0.3) is 60.0 Å². The zero-order valence-corrected chi connectivity index (χ0v) is 37.5. The third kappa shape index (κ3) is 4.72. The second-order valence-electron chi connectivity index (χ2n) is 19.7. The molecule has 0 saturated heterocycles. The monoisotopic (exact) mass is 813 g/mol. The fraction of sp³-hybridized carbons (Fsp3) is 0.172. The molecule has 0 bridgehead atoms. The number of para-hydroxylation sites is 3. The molecule has 0 atom stereocenters. The summed E-state index contributed by atoms with van der Waals surface area (Å²) in [5, 5.41) is 7.44. The van der Waals surface area contributed by atoms with Gasteiger partial charge in [0.1, 0.15) is 5.58 Å². The molecule has 0 amide bonds. The maximum absolute atomic E-state index is 7.14. The Morgan fingerprint density at radius 1 is 0.476 bits per heavy atom. The summed E-state index contributed by atoms with van der Waals surface area (Å²) in [6.45, 7) is 20.6. The fourth-order valence-electron chi connectivity index (χ4n) is 12.2. The largest absolute Gasteiger partial charge is 0.454 e. The van der Waals surface area contributed by atoms with Gasteiger partial charge >= 0.3 is 0 Å². The molecule has 0 fully saturated rings. The van der Waals surface area contributed by atoms with Crippen molar-refractivity contribution in [2.45, 2.75) is 67.7 Å². The number of benzene rings is 8. The Labute approximate surface area is 368 Å². The molecule has 0 radical (unpaired) electrons. The van der Waals surface area contributed by atoms with Gasteiger partial charge in [-0.05, 0) is 121 Å². The van der Waals surface area contributed by atoms with E-state index in [-0.39, 0.29) is 12.1 Å². The van der Waals surface area contributed by atoms with Crippen LogP contribution >= 0.6 is 0 Å². The Morgan fingerprint density at radius 3 is 1.63 bits per heavy atom. The van der Waals surface area contributed by atoms with Gasteiger partial charge in [-0.1, -0.05) is 129 Å². The number of furan rings is 1. The second-order valence-corrected chi connectivity index (χ2v) is 19.7. The van der Waals surface area contributed by atoms with E-state index in [9.17, 15) is 0 Å². The molecule has 3 aromatic heterocycles. The number of nitrogens with zero attached hydrogens (tertiary/aromatic N) is 3. The van der Waals surface area contributed by atoms with Crippen LogP contribution in [-0.4, -0.2) is 11.1 Å². The first kappa shape index (κ1) is 36.7. The molecule has 63 heavy (non-hydrogen) atoms. The first-order chi connectivity index (χ1) is 30.4. The lowest BCUT2D eigenvalue weighted by Gasteiger charge is -2.46. The van der Waals surface area contributed by atoms with E-state index < -0.39 is 0 Å². The van der Waals surface area contributed by atoms with Gasteiger partial charge in [0, 0.05) is 43.7 Å². The molecule has 4 nitrogen and oxygen atoms in total. The van der Waals surface area contributed by atoms with Gasteiger partial charge in [0.25, 0.3) is 6.71 Å².